The zero-order chi connectivity index (χ0) is 12.8. The van der Waals surface area contributed by atoms with Gasteiger partial charge in [-0.05, 0) is 24.6 Å². The molecule has 2 rings (SSSR count). The van der Waals surface area contributed by atoms with Crippen molar-refractivity contribution in [2.24, 2.45) is 0 Å². The molecule has 0 aliphatic carbocycles. The van der Waals surface area contributed by atoms with Crippen molar-refractivity contribution >= 4 is 5.82 Å². The molecule has 0 amide bonds. The molecule has 0 aliphatic heterocycles. The third-order valence-corrected chi connectivity index (χ3v) is 2.32. The van der Waals surface area contributed by atoms with E-state index >= 15 is 0 Å². The average Bonchev–Trinajstić information content (AvgIpc) is 2.37. The topological polar surface area (TPSA) is 34.1 Å². The number of pyridine rings is 1. The summed E-state index contributed by atoms with van der Waals surface area (Å²) in [5, 5.41) is 3.17. The van der Waals surface area contributed by atoms with Crippen molar-refractivity contribution in [1.82, 2.24) is 4.98 Å². The van der Waals surface area contributed by atoms with Crippen LogP contribution in [0.3, 0.4) is 0 Å². The lowest BCUT2D eigenvalue weighted by atomic mass is 10.3. The minimum absolute atomic E-state index is 0.314. The van der Waals surface area contributed by atoms with Gasteiger partial charge in [0.2, 0.25) is 0 Å². The molecule has 0 fully saturated rings. The summed E-state index contributed by atoms with van der Waals surface area (Å²) in [7, 11) is 0. The maximum absolute atomic E-state index is 13.0. The van der Waals surface area contributed by atoms with Crippen LogP contribution in [0.25, 0.3) is 0 Å². The Morgan fingerprint density at radius 1 is 1.22 bits per heavy atom. The van der Waals surface area contributed by atoms with E-state index in [1.165, 1.54) is 12.1 Å². The van der Waals surface area contributed by atoms with Crippen molar-refractivity contribution in [2.45, 2.75) is 13.3 Å². The summed E-state index contributed by atoms with van der Waals surface area (Å²) < 4.78 is 18.6. The number of anilines is 1. The fraction of sp³-hybridized carbons (Fsp3) is 0.214. The third-order valence-electron chi connectivity index (χ3n) is 2.32. The summed E-state index contributed by atoms with van der Waals surface area (Å²) in [5.74, 6) is 1.55. The van der Waals surface area contributed by atoms with Gasteiger partial charge in [0, 0.05) is 24.9 Å². The van der Waals surface area contributed by atoms with Crippen molar-refractivity contribution in [2.75, 3.05) is 11.9 Å². The van der Waals surface area contributed by atoms with Crippen LogP contribution >= 0.6 is 0 Å². The van der Waals surface area contributed by atoms with E-state index < -0.39 is 0 Å². The molecule has 1 aromatic carbocycles. The molecule has 4 heteroatoms. The summed E-state index contributed by atoms with van der Waals surface area (Å²) in [6, 6.07) is 9.58. The lowest BCUT2D eigenvalue weighted by molar-refractivity contribution is 0.476. The Labute approximate surface area is 106 Å². The van der Waals surface area contributed by atoms with E-state index in [0.717, 1.165) is 18.8 Å². The van der Waals surface area contributed by atoms with Gasteiger partial charge in [-0.2, -0.15) is 0 Å². The molecule has 0 saturated heterocycles. The molecule has 0 saturated carbocycles. The van der Waals surface area contributed by atoms with Crippen LogP contribution in [-0.4, -0.2) is 11.5 Å². The Balaban J connectivity index is 2.09. The first-order valence-corrected chi connectivity index (χ1v) is 5.91. The van der Waals surface area contributed by atoms with Crippen molar-refractivity contribution < 1.29 is 9.13 Å². The van der Waals surface area contributed by atoms with Gasteiger partial charge in [0.15, 0.2) is 0 Å². The van der Waals surface area contributed by atoms with Crippen LogP contribution in [0.5, 0.6) is 11.5 Å². The van der Waals surface area contributed by atoms with Gasteiger partial charge >= 0.3 is 0 Å². The molecule has 18 heavy (non-hydrogen) atoms. The predicted molar refractivity (Wildman–Crippen MR) is 69.5 cm³/mol. The maximum atomic E-state index is 13.0. The molecule has 0 bridgehead atoms. The second-order valence-electron chi connectivity index (χ2n) is 3.86. The SMILES string of the molecule is CCCNc1cc(Oc2cccc(F)c2)ccn1. The van der Waals surface area contributed by atoms with Crippen LogP contribution in [0.1, 0.15) is 13.3 Å². The van der Waals surface area contributed by atoms with E-state index in [2.05, 4.69) is 17.2 Å². The average molecular weight is 246 g/mol. The summed E-state index contributed by atoms with van der Waals surface area (Å²) in [4.78, 5) is 4.17. The first-order valence-electron chi connectivity index (χ1n) is 5.91. The minimum Gasteiger partial charge on any atom is -0.457 e. The third kappa shape index (κ3) is 3.45. The van der Waals surface area contributed by atoms with Gasteiger partial charge in [0.25, 0.3) is 0 Å². The number of nitrogens with zero attached hydrogens (tertiary/aromatic N) is 1. The first kappa shape index (κ1) is 12.4. The fourth-order valence-corrected chi connectivity index (χ4v) is 1.49. The van der Waals surface area contributed by atoms with Gasteiger partial charge in [-0.1, -0.05) is 13.0 Å². The molecule has 1 aromatic heterocycles. The zero-order valence-electron chi connectivity index (χ0n) is 10.2. The molecule has 94 valence electrons. The molecular weight excluding hydrogens is 231 g/mol. The minimum atomic E-state index is -0.314. The van der Waals surface area contributed by atoms with Crippen molar-refractivity contribution in [3.05, 3.63) is 48.4 Å². The highest BCUT2D eigenvalue weighted by molar-refractivity contribution is 5.42. The molecule has 0 spiro atoms. The smallest absolute Gasteiger partial charge is 0.132 e. The number of halogens is 1. The van der Waals surface area contributed by atoms with E-state index in [-0.39, 0.29) is 5.82 Å². The quantitative estimate of drug-likeness (QED) is 0.870. The standard InChI is InChI=1S/C14H15FN2O/c1-2-7-16-14-10-13(6-8-17-14)18-12-5-3-4-11(15)9-12/h3-6,8-10H,2,7H2,1H3,(H,16,17). The summed E-state index contributed by atoms with van der Waals surface area (Å²) in [6.07, 6.45) is 2.68. The van der Waals surface area contributed by atoms with E-state index in [1.54, 1.807) is 30.5 Å². The first-order chi connectivity index (χ1) is 8.78. The van der Waals surface area contributed by atoms with E-state index in [0.29, 0.717) is 11.5 Å². The molecular formula is C14H15FN2O. The Morgan fingerprint density at radius 3 is 2.83 bits per heavy atom. The molecule has 1 N–H and O–H groups in total. The van der Waals surface area contributed by atoms with Gasteiger partial charge in [0.05, 0.1) is 0 Å². The van der Waals surface area contributed by atoms with E-state index in [9.17, 15) is 4.39 Å². The van der Waals surface area contributed by atoms with Gasteiger partial charge in [-0.15, -0.1) is 0 Å². The van der Waals surface area contributed by atoms with Crippen LogP contribution in [0.2, 0.25) is 0 Å². The number of rotatable bonds is 5. The molecule has 0 aliphatic rings. The largest absolute Gasteiger partial charge is 0.457 e. The van der Waals surface area contributed by atoms with Crippen LogP contribution < -0.4 is 10.1 Å². The number of hydrogen-bond donors (Lipinski definition) is 1. The van der Waals surface area contributed by atoms with Crippen LogP contribution in [-0.2, 0) is 0 Å². The second-order valence-corrected chi connectivity index (χ2v) is 3.86. The number of aromatic nitrogens is 1. The fourth-order valence-electron chi connectivity index (χ4n) is 1.49. The van der Waals surface area contributed by atoms with Gasteiger partial charge in [0.1, 0.15) is 23.1 Å². The monoisotopic (exact) mass is 246 g/mol. The van der Waals surface area contributed by atoms with E-state index in [4.69, 9.17) is 4.74 Å². The Hall–Kier alpha value is -2.10. The summed E-state index contributed by atoms with van der Waals surface area (Å²) >= 11 is 0. The maximum Gasteiger partial charge on any atom is 0.132 e. The van der Waals surface area contributed by atoms with Gasteiger partial charge < -0.3 is 10.1 Å². The summed E-state index contributed by atoms with van der Waals surface area (Å²) in [5.41, 5.74) is 0. The number of benzene rings is 1. The molecule has 0 unspecified atom stereocenters. The van der Waals surface area contributed by atoms with Crippen LogP contribution in [0, 0.1) is 5.82 Å². The van der Waals surface area contributed by atoms with Gasteiger partial charge in [-0.25, -0.2) is 9.37 Å². The van der Waals surface area contributed by atoms with Crippen molar-refractivity contribution in [1.29, 1.82) is 0 Å². The predicted octanol–water partition coefficient (Wildman–Crippen LogP) is 3.83. The molecule has 3 nitrogen and oxygen atoms in total. The lowest BCUT2D eigenvalue weighted by Gasteiger charge is -2.08. The highest BCUT2D eigenvalue weighted by Gasteiger charge is 2.00. The molecule has 0 radical (unpaired) electrons. The number of nitrogens with one attached hydrogen (secondary N) is 1. The normalized spacial score (nSPS) is 10.1. The lowest BCUT2D eigenvalue weighted by Crippen LogP contribution is -2.01. The second kappa shape index (κ2) is 6.00. The van der Waals surface area contributed by atoms with Gasteiger partial charge in [-0.3, -0.25) is 0 Å². The number of hydrogen-bond acceptors (Lipinski definition) is 3. The van der Waals surface area contributed by atoms with Crippen molar-refractivity contribution in [3.8, 4) is 11.5 Å². The molecule has 0 atom stereocenters. The highest BCUT2D eigenvalue weighted by atomic mass is 19.1. The zero-order valence-corrected chi connectivity index (χ0v) is 10.2. The highest BCUT2D eigenvalue weighted by Crippen LogP contribution is 2.23. The van der Waals surface area contributed by atoms with E-state index in [1.807, 2.05) is 0 Å². The van der Waals surface area contributed by atoms with Crippen LogP contribution in [0.15, 0.2) is 42.6 Å². The Kier molecular flexibility index (Phi) is 4.12. The van der Waals surface area contributed by atoms with Crippen LogP contribution in [0.4, 0.5) is 10.2 Å². The Morgan fingerprint density at radius 2 is 2.06 bits per heavy atom. The summed E-state index contributed by atoms with van der Waals surface area (Å²) in [6.45, 7) is 2.94. The Bertz CT molecular complexity index is 517. The molecule has 1 heterocycles. The van der Waals surface area contributed by atoms with Crippen molar-refractivity contribution in [3.63, 3.8) is 0 Å². The molecule has 2 aromatic rings. The number of ether oxygens (including phenoxy) is 1.